The predicted molar refractivity (Wildman–Crippen MR) is 85.6 cm³/mol. The smallest absolute Gasteiger partial charge is 0.490 e. The standard InChI is InChI=1S/C15H21BBrFO3/c1-9(2)19-11-8-7-10(18)12(13(11)17)16-20-14(3,4)15(5,6)21-16/h7-9H,1-6H3. The SMILES string of the molecule is CC(C)Oc1ccc(F)c(B2OC(C)(C)C(C)(C)O2)c1Br. The van der Waals surface area contributed by atoms with Crippen molar-refractivity contribution in [2.75, 3.05) is 0 Å². The number of ether oxygens (including phenoxy) is 1. The van der Waals surface area contributed by atoms with Gasteiger partial charge in [-0.3, -0.25) is 0 Å². The van der Waals surface area contributed by atoms with Crippen molar-refractivity contribution in [1.82, 2.24) is 0 Å². The predicted octanol–water partition coefficient (Wildman–Crippen LogP) is 3.67. The van der Waals surface area contributed by atoms with E-state index in [0.29, 0.717) is 15.7 Å². The molecule has 0 saturated carbocycles. The van der Waals surface area contributed by atoms with E-state index in [9.17, 15) is 4.39 Å². The number of benzene rings is 1. The van der Waals surface area contributed by atoms with Crippen LogP contribution in [0.15, 0.2) is 16.6 Å². The molecule has 0 N–H and O–H groups in total. The molecule has 3 nitrogen and oxygen atoms in total. The van der Waals surface area contributed by atoms with Gasteiger partial charge in [0.05, 0.1) is 21.8 Å². The minimum Gasteiger partial charge on any atom is -0.490 e. The van der Waals surface area contributed by atoms with Crippen molar-refractivity contribution in [1.29, 1.82) is 0 Å². The zero-order valence-corrected chi connectivity index (χ0v) is 14.9. The molecule has 1 heterocycles. The van der Waals surface area contributed by atoms with E-state index in [0.717, 1.165) is 0 Å². The maximum absolute atomic E-state index is 14.3. The first-order chi connectivity index (χ1) is 9.55. The van der Waals surface area contributed by atoms with Crippen molar-refractivity contribution in [3.8, 4) is 5.75 Å². The van der Waals surface area contributed by atoms with Gasteiger partial charge in [0, 0.05) is 5.46 Å². The fraction of sp³-hybridized carbons (Fsp3) is 0.600. The largest absolute Gasteiger partial charge is 0.499 e. The average molecular weight is 359 g/mol. The summed E-state index contributed by atoms with van der Waals surface area (Å²) in [5.74, 6) is 0.201. The highest BCUT2D eigenvalue weighted by atomic mass is 79.9. The fourth-order valence-corrected chi connectivity index (χ4v) is 2.67. The quantitative estimate of drug-likeness (QED) is 0.771. The first-order valence-corrected chi connectivity index (χ1v) is 7.84. The Labute approximate surface area is 134 Å². The second-order valence-corrected chi connectivity index (χ2v) is 7.32. The first kappa shape index (κ1) is 16.8. The minimum absolute atomic E-state index is 0.00194. The van der Waals surface area contributed by atoms with E-state index in [1.165, 1.54) is 6.07 Å². The molecular weight excluding hydrogens is 338 g/mol. The molecule has 0 aromatic heterocycles. The molecule has 0 unspecified atom stereocenters. The Bertz CT molecular complexity index is 530. The third-order valence-electron chi connectivity index (χ3n) is 3.94. The van der Waals surface area contributed by atoms with Crippen LogP contribution < -0.4 is 10.2 Å². The second kappa shape index (κ2) is 5.56. The number of hydrogen-bond acceptors (Lipinski definition) is 3. The Balaban J connectivity index is 2.41. The summed E-state index contributed by atoms with van der Waals surface area (Å²) in [5, 5.41) is 0. The van der Waals surface area contributed by atoms with Gasteiger partial charge < -0.3 is 14.0 Å². The van der Waals surface area contributed by atoms with Gasteiger partial charge in [0.1, 0.15) is 11.6 Å². The van der Waals surface area contributed by atoms with E-state index >= 15 is 0 Å². The number of hydrogen-bond donors (Lipinski definition) is 0. The van der Waals surface area contributed by atoms with Crippen LogP contribution in [0.3, 0.4) is 0 Å². The van der Waals surface area contributed by atoms with Gasteiger partial charge in [0.15, 0.2) is 0 Å². The monoisotopic (exact) mass is 358 g/mol. The molecule has 0 radical (unpaired) electrons. The van der Waals surface area contributed by atoms with Crippen molar-refractivity contribution in [3.05, 3.63) is 22.4 Å². The van der Waals surface area contributed by atoms with Crippen LogP contribution in [0.25, 0.3) is 0 Å². The number of halogens is 2. The number of rotatable bonds is 3. The van der Waals surface area contributed by atoms with Crippen LogP contribution in [-0.4, -0.2) is 24.4 Å². The molecule has 1 fully saturated rings. The Morgan fingerprint density at radius 3 is 2.14 bits per heavy atom. The van der Waals surface area contributed by atoms with Gasteiger partial charge in [0.2, 0.25) is 0 Å². The van der Waals surface area contributed by atoms with Gasteiger partial charge in [-0.25, -0.2) is 4.39 Å². The van der Waals surface area contributed by atoms with Gasteiger partial charge in [-0.1, -0.05) is 0 Å². The Kier molecular flexibility index (Phi) is 4.44. The topological polar surface area (TPSA) is 27.7 Å². The maximum atomic E-state index is 14.3. The zero-order valence-electron chi connectivity index (χ0n) is 13.3. The van der Waals surface area contributed by atoms with E-state index in [4.69, 9.17) is 14.0 Å². The van der Waals surface area contributed by atoms with Crippen LogP contribution in [0.2, 0.25) is 0 Å². The molecule has 1 aromatic carbocycles. The van der Waals surface area contributed by atoms with Gasteiger partial charge >= 0.3 is 7.12 Å². The highest BCUT2D eigenvalue weighted by Crippen LogP contribution is 2.38. The van der Waals surface area contributed by atoms with Gasteiger partial charge in [-0.2, -0.15) is 0 Å². The van der Waals surface area contributed by atoms with E-state index < -0.39 is 18.3 Å². The molecule has 1 aliphatic rings. The van der Waals surface area contributed by atoms with E-state index in [1.54, 1.807) is 6.07 Å². The van der Waals surface area contributed by atoms with E-state index in [-0.39, 0.29) is 11.9 Å². The van der Waals surface area contributed by atoms with Gasteiger partial charge in [-0.15, -0.1) is 0 Å². The van der Waals surface area contributed by atoms with Crippen LogP contribution in [-0.2, 0) is 9.31 Å². The fourth-order valence-electron chi connectivity index (χ4n) is 2.07. The molecular formula is C15H21BBrFO3. The molecule has 1 aromatic rings. The summed E-state index contributed by atoms with van der Waals surface area (Å²) >= 11 is 3.42. The maximum Gasteiger partial charge on any atom is 0.499 e. The zero-order chi connectivity index (χ0) is 16.0. The van der Waals surface area contributed by atoms with Crippen molar-refractivity contribution in [3.63, 3.8) is 0 Å². The molecule has 1 aliphatic heterocycles. The third kappa shape index (κ3) is 3.12. The summed E-state index contributed by atoms with van der Waals surface area (Å²) in [6, 6.07) is 2.98. The summed E-state index contributed by atoms with van der Waals surface area (Å²) in [4.78, 5) is 0. The molecule has 2 rings (SSSR count). The molecule has 21 heavy (non-hydrogen) atoms. The van der Waals surface area contributed by atoms with Gasteiger partial charge in [0.25, 0.3) is 0 Å². The lowest BCUT2D eigenvalue weighted by Gasteiger charge is -2.32. The van der Waals surface area contributed by atoms with Crippen LogP contribution in [0.5, 0.6) is 5.75 Å². The summed E-state index contributed by atoms with van der Waals surface area (Å²) in [6.45, 7) is 11.6. The lowest BCUT2D eigenvalue weighted by molar-refractivity contribution is 0.00578. The molecule has 0 spiro atoms. The Morgan fingerprint density at radius 1 is 1.14 bits per heavy atom. The summed E-state index contributed by atoms with van der Waals surface area (Å²) < 4.78 is 32.3. The van der Waals surface area contributed by atoms with Crippen molar-refractivity contribution >= 4 is 28.5 Å². The molecule has 0 aliphatic carbocycles. The minimum atomic E-state index is -0.764. The van der Waals surface area contributed by atoms with E-state index in [2.05, 4.69) is 15.9 Å². The lowest BCUT2D eigenvalue weighted by atomic mass is 9.78. The molecule has 1 saturated heterocycles. The van der Waals surface area contributed by atoms with Crippen LogP contribution in [0, 0.1) is 5.82 Å². The van der Waals surface area contributed by atoms with Crippen LogP contribution in [0.1, 0.15) is 41.5 Å². The second-order valence-electron chi connectivity index (χ2n) is 6.53. The molecule has 0 bridgehead atoms. The third-order valence-corrected chi connectivity index (χ3v) is 4.76. The average Bonchev–Trinajstić information content (AvgIpc) is 2.51. The Morgan fingerprint density at radius 2 is 1.67 bits per heavy atom. The summed E-state index contributed by atoms with van der Waals surface area (Å²) in [7, 11) is -0.764. The molecule has 6 heteroatoms. The van der Waals surface area contributed by atoms with Crippen molar-refractivity contribution < 1.29 is 18.4 Å². The molecule has 0 atom stereocenters. The first-order valence-electron chi connectivity index (χ1n) is 7.05. The van der Waals surface area contributed by atoms with E-state index in [1.807, 2.05) is 41.5 Å². The molecule has 0 amide bonds. The van der Waals surface area contributed by atoms with Crippen LogP contribution in [0.4, 0.5) is 4.39 Å². The highest BCUT2D eigenvalue weighted by molar-refractivity contribution is 9.10. The molecule has 116 valence electrons. The van der Waals surface area contributed by atoms with Crippen LogP contribution >= 0.6 is 15.9 Å². The normalized spacial score (nSPS) is 20.1. The summed E-state index contributed by atoms with van der Waals surface area (Å²) in [5.41, 5.74) is -0.691. The lowest BCUT2D eigenvalue weighted by Crippen LogP contribution is -2.41. The van der Waals surface area contributed by atoms with Crippen molar-refractivity contribution in [2.24, 2.45) is 0 Å². The van der Waals surface area contributed by atoms with Crippen molar-refractivity contribution in [2.45, 2.75) is 58.8 Å². The summed E-state index contributed by atoms with van der Waals surface area (Å²) in [6.07, 6.45) is -0.00194. The van der Waals surface area contributed by atoms with Gasteiger partial charge in [-0.05, 0) is 69.6 Å². The Hall–Kier alpha value is -0.585. The highest BCUT2D eigenvalue weighted by Gasteiger charge is 2.53.